The van der Waals surface area contributed by atoms with Gasteiger partial charge >= 0.3 is 0 Å². The zero-order chi connectivity index (χ0) is 16.9. The van der Waals surface area contributed by atoms with Crippen molar-refractivity contribution in [1.29, 1.82) is 5.26 Å². The van der Waals surface area contributed by atoms with E-state index in [0.717, 1.165) is 11.3 Å². The van der Waals surface area contributed by atoms with E-state index in [1.807, 2.05) is 12.1 Å². The van der Waals surface area contributed by atoms with Gasteiger partial charge in [0.15, 0.2) is 0 Å². The SMILES string of the molecule is N#Cc1ccc(Oc2cc(Cc3ccc(=O)[nH]n3)ccc2Cl)cc1. The largest absolute Gasteiger partial charge is 0.456 e. The number of nitrogens with zero attached hydrogens (tertiary/aromatic N) is 2. The Hall–Kier alpha value is -3.10. The molecule has 3 rings (SSSR count). The van der Waals surface area contributed by atoms with Gasteiger partial charge in [-0.1, -0.05) is 17.7 Å². The summed E-state index contributed by atoms with van der Waals surface area (Å²) >= 11 is 6.19. The number of hydrogen-bond acceptors (Lipinski definition) is 4. The fraction of sp³-hybridized carbons (Fsp3) is 0.0556. The van der Waals surface area contributed by atoms with Gasteiger partial charge in [-0.3, -0.25) is 4.79 Å². The Morgan fingerprint density at radius 2 is 1.92 bits per heavy atom. The smallest absolute Gasteiger partial charge is 0.264 e. The molecule has 0 saturated carbocycles. The van der Waals surface area contributed by atoms with E-state index in [9.17, 15) is 4.79 Å². The van der Waals surface area contributed by atoms with Crippen molar-refractivity contribution in [3.63, 3.8) is 0 Å². The van der Waals surface area contributed by atoms with E-state index in [2.05, 4.69) is 16.3 Å². The number of hydrogen-bond donors (Lipinski definition) is 1. The van der Waals surface area contributed by atoms with Crippen molar-refractivity contribution in [3.05, 3.63) is 86.8 Å². The van der Waals surface area contributed by atoms with Crippen molar-refractivity contribution < 1.29 is 4.74 Å². The number of aromatic amines is 1. The van der Waals surface area contributed by atoms with Gasteiger partial charge in [0.1, 0.15) is 11.5 Å². The summed E-state index contributed by atoms with van der Waals surface area (Å²) in [7, 11) is 0. The molecule has 1 aromatic heterocycles. The lowest BCUT2D eigenvalue weighted by atomic mass is 10.1. The molecule has 0 fully saturated rings. The number of nitrogens with one attached hydrogen (secondary N) is 1. The summed E-state index contributed by atoms with van der Waals surface area (Å²) in [5.41, 5.74) is 2.01. The van der Waals surface area contributed by atoms with Crippen molar-refractivity contribution in [2.45, 2.75) is 6.42 Å². The topological polar surface area (TPSA) is 78.8 Å². The Morgan fingerprint density at radius 1 is 1.12 bits per heavy atom. The summed E-state index contributed by atoms with van der Waals surface area (Å²) in [5, 5.41) is 15.7. The average molecular weight is 338 g/mol. The number of nitriles is 1. The van der Waals surface area contributed by atoms with Gasteiger partial charge in [-0.15, -0.1) is 0 Å². The molecule has 0 bridgehead atoms. The average Bonchev–Trinajstić information content (AvgIpc) is 2.60. The van der Waals surface area contributed by atoms with Crippen LogP contribution in [-0.4, -0.2) is 10.2 Å². The first-order valence-corrected chi connectivity index (χ1v) is 7.53. The quantitative estimate of drug-likeness (QED) is 0.787. The highest BCUT2D eigenvalue weighted by Crippen LogP contribution is 2.31. The molecule has 24 heavy (non-hydrogen) atoms. The highest BCUT2D eigenvalue weighted by atomic mass is 35.5. The molecule has 0 aliphatic heterocycles. The van der Waals surface area contributed by atoms with E-state index in [0.29, 0.717) is 28.5 Å². The summed E-state index contributed by atoms with van der Waals surface area (Å²) in [6.07, 6.45) is 0.539. The molecule has 0 radical (unpaired) electrons. The van der Waals surface area contributed by atoms with E-state index in [4.69, 9.17) is 21.6 Å². The molecule has 2 aromatic carbocycles. The minimum atomic E-state index is -0.236. The number of ether oxygens (including phenoxy) is 1. The maximum absolute atomic E-state index is 11.0. The molecule has 0 unspecified atom stereocenters. The number of rotatable bonds is 4. The van der Waals surface area contributed by atoms with Crippen LogP contribution in [0.15, 0.2) is 59.4 Å². The summed E-state index contributed by atoms with van der Waals surface area (Å²) in [4.78, 5) is 11.0. The van der Waals surface area contributed by atoms with E-state index < -0.39 is 0 Å². The van der Waals surface area contributed by atoms with Gasteiger partial charge in [0.2, 0.25) is 0 Å². The van der Waals surface area contributed by atoms with Crippen molar-refractivity contribution in [3.8, 4) is 17.6 Å². The molecule has 0 saturated heterocycles. The van der Waals surface area contributed by atoms with Crippen LogP contribution in [0.1, 0.15) is 16.8 Å². The van der Waals surface area contributed by atoms with Crippen LogP contribution in [0.4, 0.5) is 0 Å². The van der Waals surface area contributed by atoms with Gasteiger partial charge in [0, 0.05) is 12.5 Å². The summed E-state index contributed by atoms with van der Waals surface area (Å²) in [6, 6.07) is 17.4. The third-order valence-corrected chi connectivity index (χ3v) is 3.64. The molecular weight excluding hydrogens is 326 g/mol. The van der Waals surface area contributed by atoms with Crippen LogP contribution in [0.25, 0.3) is 0 Å². The normalized spacial score (nSPS) is 10.2. The van der Waals surface area contributed by atoms with Crippen LogP contribution in [0.3, 0.4) is 0 Å². The van der Waals surface area contributed by atoms with Crippen LogP contribution in [0, 0.1) is 11.3 Å². The van der Waals surface area contributed by atoms with Gasteiger partial charge in [-0.2, -0.15) is 10.4 Å². The number of halogens is 1. The second-order valence-electron chi connectivity index (χ2n) is 5.09. The lowest BCUT2D eigenvalue weighted by Crippen LogP contribution is -2.07. The Morgan fingerprint density at radius 3 is 2.58 bits per heavy atom. The minimum absolute atomic E-state index is 0.236. The fourth-order valence-corrected chi connectivity index (χ4v) is 2.30. The van der Waals surface area contributed by atoms with Crippen LogP contribution >= 0.6 is 11.6 Å². The molecule has 0 spiro atoms. The predicted molar refractivity (Wildman–Crippen MR) is 90.3 cm³/mol. The number of H-pyrrole nitrogens is 1. The highest BCUT2D eigenvalue weighted by Gasteiger charge is 2.07. The molecule has 0 aliphatic rings. The maximum atomic E-state index is 11.0. The van der Waals surface area contributed by atoms with E-state index in [1.54, 1.807) is 36.4 Å². The molecule has 0 amide bonds. The maximum Gasteiger partial charge on any atom is 0.264 e. The number of aromatic nitrogens is 2. The molecule has 0 aliphatic carbocycles. The third kappa shape index (κ3) is 3.80. The second kappa shape index (κ2) is 6.99. The predicted octanol–water partition coefficient (Wildman–Crippen LogP) is 3.68. The molecule has 5 nitrogen and oxygen atoms in total. The Balaban J connectivity index is 1.81. The first kappa shape index (κ1) is 15.8. The second-order valence-corrected chi connectivity index (χ2v) is 5.50. The zero-order valence-electron chi connectivity index (χ0n) is 12.5. The van der Waals surface area contributed by atoms with Crippen molar-refractivity contribution in [2.75, 3.05) is 0 Å². The molecule has 0 atom stereocenters. The lowest BCUT2D eigenvalue weighted by molar-refractivity contribution is 0.482. The van der Waals surface area contributed by atoms with Gasteiger partial charge in [-0.05, 0) is 48.0 Å². The van der Waals surface area contributed by atoms with E-state index in [1.165, 1.54) is 6.07 Å². The van der Waals surface area contributed by atoms with Crippen molar-refractivity contribution >= 4 is 11.6 Å². The summed E-state index contributed by atoms with van der Waals surface area (Å²) < 4.78 is 5.79. The molecule has 1 N–H and O–H groups in total. The third-order valence-electron chi connectivity index (χ3n) is 3.33. The zero-order valence-corrected chi connectivity index (χ0v) is 13.2. The Labute approximate surface area is 143 Å². The lowest BCUT2D eigenvalue weighted by Gasteiger charge is -2.09. The van der Waals surface area contributed by atoms with Gasteiger partial charge in [0.25, 0.3) is 5.56 Å². The molecule has 1 heterocycles. The Kier molecular flexibility index (Phi) is 4.59. The summed E-state index contributed by atoms with van der Waals surface area (Å²) in [6.45, 7) is 0. The van der Waals surface area contributed by atoms with Crippen LogP contribution in [0.2, 0.25) is 5.02 Å². The first-order valence-electron chi connectivity index (χ1n) is 7.15. The minimum Gasteiger partial charge on any atom is -0.456 e. The van der Waals surface area contributed by atoms with Gasteiger partial charge in [0.05, 0.1) is 22.3 Å². The molecular formula is C18H12ClN3O2. The monoisotopic (exact) mass is 337 g/mol. The number of benzene rings is 2. The molecule has 6 heteroatoms. The molecule has 3 aromatic rings. The summed E-state index contributed by atoms with van der Waals surface area (Å²) in [5.74, 6) is 1.11. The standard InChI is InChI=1S/C18H12ClN3O2/c19-16-7-3-13(9-14-4-8-18(23)22-21-14)10-17(16)24-15-5-1-12(11-20)2-6-15/h1-8,10H,9H2,(H,22,23). The fourth-order valence-electron chi connectivity index (χ4n) is 2.14. The highest BCUT2D eigenvalue weighted by molar-refractivity contribution is 6.32. The van der Waals surface area contributed by atoms with Crippen LogP contribution in [0.5, 0.6) is 11.5 Å². The first-order chi connectivity index (χ1) is 11.6. The van der Waals surface area contributed by atoms with Gasteiger partial charge in [-0.25, -0.2) is 5.10 Å². The Bertz CT molecular complexity index is 939. The van der Waals surface area contributed by atoms with E-state index in [-0.39, 0.29) is 5.56 Å². The van der Waals surface area contributed by atoms with Crippen LogP contribution < -0.4 is 10.3 Å². The van der Waals surface area contributed by atoms with E-state index >= 15 is 0 Å². The van der Waals surface area contributed by atoms with Crippen molar-refractivity contribution in [1.82, 2.24) is 10.2 Å². The molecule has 118 valence electrons. The van der Waals surface area contributed by atoms with Crippen molar-refractivity contribution in [2.24, 2.45) is 0 Å². The van der Waals surface area contributed by atoms with Crippen LogP contribution in [-0.2, 0) is 6.42 Å². The van der Waals surface area contributed by atoms with Gasteiger partial charge < -0.3 is 4.74 Å².